The smallest absolute Gasteiger partial charge is 0.123 e. The molecule has 3 N–H and O–H groups in total. The average Bonchev–Trinajstić information content (AvgIpc) is 2.47. The van der Waals surface area contributed by atoms with Crippen LogP contribution in [-0.4, -0.2) is 18.9 Å². The van der Waals surface area contributed by atoms with Crippen LogP contribution in [0, 0.1) is 10.8 Å². The Hall–Kier alpha value is -1.03. The summed E-state index contributed by atoms with van der Waals surface area (Å²) in [5.41, 5.74) is 8.09. The Morgan fingerprint density at radius 1 is 1.30 bits per heavy atom. The maximum Gasteiger partial charge on any atom is 0.123 e. The summed E-state index contributed by atoms with van der Waals surface area (Å²) in [7, 11) is 0. The Morgan fingerprint density at radius 3 is 2.35 bits per heavy atom. The molecule has 0 radical (unpaired) electrons. The van der Waals surface area contributed by atoms with E-state index in [-0.39, 0.29) is 5.84 Å². The summed E-state index contributed by atoms with van der Waals surface area (Å²) in [5.74, 6) is 0.109. The summed E-state index contributed by atoms with van der Waals surface area (Å²) in [5, 5.41) is 7.53. The molecule has 0 aromatic heterocycles. The molecular weight excluding hydrogens is 314 g/mol. The fraction of sp³-hybridized carbons (Fsp3) is 0.562. The van der Waals surface area contributed by atoms with Gasteiger partial charge in [-0.2, -0.15) is 0 Å². The standard InChI is InChI=1S/C16H24BrN3/c1-3-16(4-2)7-9-20(10-8-16)12-5-6-13(15(18)19)14(17)11-12/h5-6,11H,3-4,7-10H2,1-2H3,(H3,18,19). The molecule has 1 saturated heterocycles. The minimum Gasteiger partial charge on any atom is -0.384 e. The number of nitrogens with one attached hydrogen (secondary N) is 1. The van der Waals surface area contributed by atoms with Gasteiger partial charge in [0.1, 0.15) is 5.84 Å². The largest absolute Gasteiger partial charge is 0.384 e. The molecular formula is C16H24BrN3. The van der Waals surface area contributed by atoms with Crippen LogP contribution in [0.25, 0.3) is 0 Å². The molecule has 0 atom stereocenters. The summed E-state index contributed by atoms with van der Waals surface area (Å²) in [6, 6.07) is 6.09. The Kier molecular flexibility index (Phi) is 4.74. The lowest BCUT2D eigenvalue weighted by atomic mass is 9.74. The number of amidine groups is 1. The second kappa shape index (κ2) is 6.17. The molecule has 110 valence electrons. The Morgan fingerprint density at radius 2 is 1.90 bits per heavy atom. The van der Waals surface area contributed by atoms with Gasteiger partial charge in [0.2, 0.25) is 0 Å². The van der Waals surface area contributed by atoms with E-state index >= 15 is 0 Å². The maximum absolute atomic E-state index is 7.53. The van der Waals surface area contributed by atoms with Crippen LogP contribution < -0.4 is 10.6 Å². The molecule has 1 aliphatic heterocycles. The van der Waals surface area contributed by atoms with Crippen molar-refractivity contribution in [2.45, 2.75) is 39.5 Å². The molecule has 0 spiro atoms. The first-order valence-electron chi connectivity index (χ1n) is 7.40. The number of halogens is 1. The fourth-order valence-electron chi connectivity index (χ4n) is 3.12. The van der Waals surface area contributed by atoms with Crippen molar-refractivity contribution in [3.63, 3.8) is 0 Å². The highest BCUT2D eigenvalue weighted by molar-refractivity contribution is 9.10. The Labute approximate surface area is 130 Å². The monoisotopic (exact) mass is 337 g/mol. The summed E-state index contributed by atoms with van der Waals surface area (Å²) in [6.07, 6.45) is 5.10. The zero-order valence-electron chi connectivity index (χ0n) is 12.4. The molecule has 0 aliphatic carbocycles. The lowest BCUT2D eigenvalue weighted by Crippen LogP contribution is -2.39. The lowest BCUT2D eigenvalue weighted by molar-refractivity contribution is 0.199. The van der Waals surface area contributed by atoms with Crippen LogP contribution in [0.1, 0.15) is 45.1 Å². The fourth-order valence-corrected chi connectivity index (χ4v) is 3.70. The van der Waals surface area contributed by atoms with Crippen molar-refractivity contribution in [1.82, 2.24) is 0 Å². The number of nitrogen functional groups attached to an aromatic ring is 1. The third-order valence-corrected chi connectivity index (χ3v) is 5.59. The second-order valence-corrected chi connectivity index (χ2v) is 6.63. The molecule has 4 heteroatoms. The summed E-state index contributed by atoms with van der Waals surface area (Å²) < 4.78 is 0.908. The number of rotatable bonds is 4. The van der Waals surface area contributed by atoms with Gasteiger partial charge < -0.3 is 10.6 Å². The normalized spacial score (nSPS) is 18.1. The number of nitrogens with zero attached hydrogens (tertiary/aromatic N) is 1. The zero-order valence-corrected chi connectivity index (χ0v) is 14.0. The van der Waals surface area contributed by atoms with Gasteiger partial charge in [0, 0.05) is 28.8 Å². The van der Waals surface area contributed by atoms with Gasteiger partial charge in [-0.3, -0.25) is 5.41 Å². The van der Waals surface area contributed by atoms with Gasteiger partial charge in [0.25, 0.3) is 0 Å². The molecule has 1 fully saturated rings. The van der Waals surface area contributed by atoms with Crippen LogP contribution >= 0.6 is 15.9 Å². The van der Waals surface area contributed by atoms with E-state index in [0.717, 1.165) is 23.1 Å². The predicted molar refractivity (Wildman–Crippen MR) is 89.6 cm³/mol. The van der Waals surface area contributed by atoms with Gasteiger partial charge >= 0.3 is 0 Å². The summed E-state index contributed by atoms with van der Waals surface area (Å²) >= 11 is 3.52. The second-order valence-electron chi connectivity index (χ2n) is 5.77. The molecule has 2 rings (SSSR count). The van der Waals surface area contributed by atoms with E-state index in [1.165, 1.54) is 31.4 Å². The highest BCUT2D eigenvalue weighted by atomic mass is 79.9. The Balaban J connectivity index is 2.11. The van der Waals surface area contributed by atoms with E-state index in [2.05, 4.69) is 46.8 Å². The van der Waals surface area contributed by atoms with E-state index in [1.807, 2.05) is 6.07 Å². The number of nitrogens with two attached hydrogens (primary N) is 1. The molecule has 0 amide bonds. The van der Waals surface area contributed by atoms with Crippen LogP contribution in [0.2, 0.25) is 0 Å². The number of hydrogen-bond donors (Lipinski definition) is 2. The van der Waals surface area contributed by atoms with Crippen molar-refractivity contribution in [2.75, 3.05) is 18.0 Å². The van der Waals surface area contributed by atoms with Gasteiger partial charge in [0.05, 0.1) is 0 Å². The molecule has 0 saturated carbocycles. The lowest BCUT2D eigenvalue weighted by Gasteiger charge is -2.42. The van der Waals surface area contributed by atoms with Crippen molar-refractivity contribution in [3.8, 4) is 0 Å². The SMILES string of the molecule is CCC1(CC)CCN(c2ccc(C(=N)N)c(Br)c2)CC1. The first kappa shape index (κ1) is 15.4. The van der Waals surface area contributed by atoms with Gasteiger partial charge in [0.15, 0.2) is 0 Å². The van der Waals surface area contributed by atoms with Crippen molar-refractivity contribution in [2.24, 2.45) is 11.1 Å². The average molecular weight is 338 g/mol. The molecule has 20 heavy (non-hydrogen) atoms. The highest BCUT2D eigenvalue weighted by Crippen LogP contribution is 2.39. The van der Waals surface area contributed by atoms with Crippen LogP contribution in [0.4, 0.5) is 5.69 Å². The van der Waals surface area contributed by atoms with Crippen LogP contribution in [0.5, 0.6) is 0 Å². The first-order chi connectivity index (χ1) is 9.51. The number of piperidine rings is 1. The van der Waals surface area contributed by atoms with E-state index in [1.54, 1.807) is 0 Å². The highest BCUT2D eigenvalue weighted by Gasteiger charge is 2.31. The van der Waals surface area contributed by atoms with E-state index < -0.39 is 0 Å². The maximum atomic E-state index is 7.53. The third kappa shape index (κ3) is 3.00. The number of anilines is 1. The topological polar surface area (TPSA) is 53.1 Å². The number of benzene rings is 1. The predicted octanol–water partition coefficient (Wildman–Crippen LogP) is 4.14. The van der Waals surface area contributed by atoms with E-state index in [4.69, 9.17) is 11.1 Å². The van der Waals surface area contributed by atoms with Gasteiger partial charge in [-0.25, -0.2) is 0 Å². The summed E-state index contributed by atoms with van der Waals surface area (Å²) in [6.45, 7) is 6.87. The van der Waals surface area contributed by atoms with Crippen molar-refractivity contribution in [1.29, 1.82) is 5.41 Å². The van der Waals surface area contributed by atoms with Crippen LogP contribution in [-0.2, 0) is 0 Å². The minimum absolute atomic E-state index is 0.109. The van der Waals surface area contributed by atoms with E-state index in [9.17, 15) is 0 Å². The molecule has 1 aliphatic rings. The van der Waals surface area contributed by atoms with Gasteiger partial charge in [-0.1, -0.05) is 26.7 Å². The van der Waals surface area contributed by atoms with Crippen LogP contribution in [0.15, 0.2) is 22.7 Å². The first-order valence-corrected chi connectivity index (χ1v) is 8.19. The molecule has 1 aromatic carbocycles. The molecule has 3 nitrogen and oxygen atoms in total. The quantitative estimate of drug-likeness (QED) is 0.640. The summed E-state index contributed by atoms with van der Waals surface area (Å²) in [4.78, 5) is 2.44. The Bertz CT molecular complexity index is 484. The zero-order chi connectivity index (χ0) is 14.8. The van der Waals surface area contributed by atoms with Crippen molar-refractivity contribution >= 4 is 27.5 Å². The van der Waals surface area contributed by atoms with Crippen molar-refractivity contribution < 1.29 is 0 Å². The molecule has 1 aromatic rings. The molecule has 0 unspecified atom stereocenters. The van der Waals surface area contributed by atoms with E-state index in [0.29, 0.717) is 5.41 Å². The minimum atomic E-state index is 0.109. The van der Waals surface area contributed by atoms with Gasteiger partial charge in [-0.05, 0) is 52.4 Å². The molecule has 1 heterocycles. The van der Waals surface area contributed by atoms with Crippen molar-refractivity contribution in [3.05, 3.63) is 28.2 Å². The van der Waals surface area contributed by atoms with Crippen LogP contribution in [0.3, 0.4) is 0 Å². The van der Waals surface area contributed by atoms with Gasteiger partial charge in [-0.15, -0.1) is 0 Å². The third-order valence-electron chi connectivity index (χ3n) is 4.93. The molecule has 0 bridgehead atoms. The number of hydrogen-bond acceptors (Lipinski definition) is 2.